The lowest BCUT2D eigenvalue weighted by Crippen LogP contribution is -2.38. The topological polar surface area (TPSA) is 110 Å². The Balaban J connectivity index is 1.69. The first kappa shape index (κ1) is 19.1. The Bertz CT molecular complexity index is 855. The van der Waals surface area contributed by atoms with Gasteiger partial charge in [0.1, 0.15) is 5.69 Å². The van der Waals surface area contributed by atoms with Gasteiger partial charge in [0.15, 0.2) is 0 Å². The van der Waals surface area contributed by atoms with Gasteiger partial charge in [-0.2, -0.15) is 0 Å². The van der Waals surface area contributed by atoms with Gasteiger partial charge in [-0.3, -0.25) is 14.9 Å². The van der Waals surface area contributed by atoms with Crippen LogP contribution in [-0.2, 0) is 6.54 Å². The van der Waals surface area contributed by atoms with Crippen molar-refractivity contribution in [1.82, 2.24) is 5.32 Å². The predicted molar refractivity (Wildman–Crippen MR) is 105 cm³/mol. The Morgan fingerprint density at radius 1 is 1.30 bits per heavy atom. The minimum Gasteiger partial charge on any atom is -0.375 e. The minimum atomic E-state index is -0.512. The zero-order chi connectivity index (χ0) is 19.4. The number of hydrogen-bond donors (Lipinski definition) is 3. The SMILES string of the molecule is NC(CNC(=O)c1ccc(NCc2ccccc2Cl)c([N+](=O)[O-])c1)C1CC1. The van der Waals surface area contributed by atoms with Crippen LogP contribution in [-0.4, -0.2) is 23.4 Å². The van der Waals surface area contributed by atoms with E-state index in [1.807, 2.05) is 18.2 Å². The first-order valence-electron chi connectivity index (χ1n) is 8.75. The van der Waals surface area contributed by atoms with Crippen LogP contribution in [0.1, 0.15) is 28.8 Å². The van der Waals surface area contributed by atoms with Crippen LogP contribution in [0.15, 0.2) is 42.5 Å². The maximum atomic E-state index is 12.3. The summed E-state index contributed by atoms with van der Waals surface area (Å²) in [6, 6.07) is 11.5. The van der Waals surface area contributed by atoms with E-state index in [0.29, 0.717) is 29.7 Å². The molecule has 1 unspecified atom stereocenters. The molecule has 0 heterocycles. The molecule has 0 spiro atoms. The summed E-state index contributed by atoms with van der Waals surface area (Å²) in [5.41, 5.74) is 7.18. The quantitative estimate of drug-likeness (QED) is 0.474. The molecular weight excluding hydrogens is 368 g/mol. The molecule has 2 aromatic carbocycles. The lowest BCUT2D eigenvalue weighted by Gasteiger charge is -2.12. The van der Waals surface area contributed by atoms with Gasteiger partial charge in [0.05, 0.1) is 4.92 Å². The standard InChI is InChI=1S/C19H21ClN4O3/c20-15-4-2-1-3-14(15)10-22-17-8-7-13(9-18(17)24(26)27)19(25)23-11-16(21)12-5-6-12/h1-4,7-9,12,16,22H,5-6,10-11,21H2,(H,23,25). The average molecular weight is 389 g/mol. The number of nitrogens with two attached hydrogens (primary N) is 1. The summed E-state index contributed by atoms with van der Waals surface area (Å²) in [4.78, 5) is 23.2. The Morgan fingerprint density at radius 3 is 2.70 bits per heavy atom. The van der Waals surface area contributed by atoms with Crippen molar-refractivity contribution >= 4 is 28.9 Å². The van der Waals surface area contributed by atoms with Crippen molar-refractivity contribution in [2.45, 2.75) is 25.4 Å². The molecule has 8 heteroatoms. The predicted octanol–water partition coefficient (Wildman–Crippen LogP) is 3.33. The van der Waals surface area contributed by atoms with Crippen molar-refractivity contribution < 1.29 is 9.72 Å². The number of rotatable bonds is 8. The van der Waals surface area contributed by atoms with E-state index in [1.54, 1.807) is 12.1 Å². The molecule has 0 aromatic heterocycles. The van der Waals surface area contributed by atoms with Gasteiger partial charge in [0.25, 0.3) is 11.6 Å². The summed E-state index contributed by atoms with van der Waals surface area (Å²) in [6.45, 7) is 0.700. The second-order valence-electron chi connectivity index (χ2n) is 6.65. The van der Waals surface area contributed by atoms with Crippen molar-refractivity contribution in [2.75, 3.05) is 11.9 Å². The van der Waals surface area contributed by atoms with E-state index in [4.69, 9.17) is 17.3 Å². The molecule has 3 rings (SSSR count). The summed E-state index contributed by atoms with van der Waals surface area (Å²) in [6.07, 6.45) is 2.18. The number of amides is 1. The number of nitro benzene ring substituents is 1. The Kier molecular flexibility index (Phi) is 5.93. The smallest absolute Gasteiger partial charge is 0.293 e. The number of nitrogens with zero attached hydrogens (tertiary/aromatic N) is 1. The molecule has 4 N–H and O–H groups in total. The molecule has 2 aromatic rings. The number of anilines is 1. The first-order valence-corrected chi connectivity index (χ1v) is 9.13. The number of carbonyl (C=O) groups is 1. The normalized spacial score (nSPS) is 14.4. The highest BCUT2D eigenvalue weighted by atomic mass is 35.5. The number of nitrogens with one attached hydrogen (secondary N) is 2. The van der Waals surface area contributed by atoms with Crippen LogP contribution in [0.3, 0.4) is 0 Å². The van der Waals surface area contributed by atoms with Crippen LogP contribution in [0, 0.1) is 16.0 Å². The van der Waals surface area contributed by atoms with Crippen molar-refractivity contribution in [2.24, 2.45) is 11.7 Å². The zero-order valence-corrected chi connectivity index (χ0v) is 15.4. The molecule has 1 amide bonds. The van der Waals surface area contributed by atoms with Gasteiger partial charge in [-0.25, -0.2) is 0 Å². The Hall–Kier alpha value is -2.64. The van der Waals surface area contributed by atoms with E-state index in [2.05, 4.69) is 10.6 Å². The molecule has 1 aliphatic carbocycles. The number of carbonyl (C=O) groups excluding carboxylic acids is 1. The molecular formula is C19H21ClN4O3. The van der Waals surface area contributed by atoms with E-state index in [1.165, 1.54) is 12.1 Å². The van der Waals surface area contributed by atoms with E-state index >= 15 is 0 Å². The molecule has 0 aliphatic heterocycles. The molecule has 0 saturated heterocycles. The van der Waals surface area contributed by atoms with E-state index in [0.717, 1.165) is 18.4 Å². The third kappa shape index (κ3) is 4.96. The van der Waals surface area contributed by atoms with Crippen LogP contribution in [0.25, 0.3) is 0 Å². The van der Waals surface area contributed by atoms with Gasteiger partial charge in [0.2, 0.25) is 0 Å². The number of nitro groups is 1. The van der Waals surface area contributed by atoms with Gasteiger partial charge >= 0.3 is 0 Å². The number of hydrogen-bond acceptors (Lipinski definition) is 5. The first-order chi connectivity index (χ1) is 13.0. The fourth-order valence-electron chi connectivity index (χ4n) is 2.81. The van der Waals surface area contributed by atoms with E-state index in [9.17, 15) is 14.9 Å². The lowest BCUT2D eigenvalue weighted by molar-refractivity contribution is -0.384. The molecule has 1 saturated carbocycles. The molecule has 27 heavy (non-hydrogen) atoms. The van der Waals surface area contributed by atoms with Crippen molar-refractivity contribution in [3.63, 3.8) is 0 Å². The molecule has 1 fully saturated rings. The van der Waals surface area contributed by atoms with Crippen LogP contribution in [0.4, 0.5) is 11.4 Å². The van der Waals surface area contributed by atoms with Gasteiger partial charge in [-0.15, -0.1) is 0 Å². The average Bonchev–Trinajstić information content (AvgIpc) is 3.50. The largest absolute Gasteiger partial charge is 0.375 e. The Labute approximate surface area is 162 Å². The number of benzene rings is 2. The highest BCUT2D eigenvalue weighted by molar-refractivity contribution is 6.31. The molecule has 0 bridgehead atoms. The van der Waals surface area contributed by atoms with Crippen LogP contribution >= 0.6 is 11.6 Å². The van der Waals surface area contributed by atoms with Crippen molar-refractivity contribution in [3.05, 3.63) is 68.7 Å². The van der Waals surface area contributed by atoms with Gasteiger partial charge in [-0.05, 0) is 42.5 Å². The van der Waals surface area contributed by atoms with Gasteiger partial charge < -0.3 is 16.4 Å². The number of halogens is 1. The summed E-state index contributed by atoms with van der Waals surface area (Å²) in [5.74, 6) is 0.0999. The summed E-state index contributed by atoms with van der Waals surface area (Å²) >= 11 is 6.11. The van der Waals surface area contributed by atoms with Gasteiger partial charge in [-0.1, -0.05) is 29.8 Å². The fourth-order valence-corrected chi connectivity index (χ4v) is 3.01. The molecule has 7 nitrogen and oxygen atoms in total. The van der Waals surface area contributed by atoms with Gasteiger partial charge in [0, 0.05) is 35.8 Å². The molecule has 1 atom stereocenters. The summed E-state index contributed by atoms with van der Waals surface area (Å²) in [7, 11) is 0. The fraction of sp³-hybridized carbons (Fsp3) is 0.316. The lowest BCUT2D eigenvalue weighted by atomic mass is 10.1. The van der Waals surface area contributed by atoms with E-state index < -0.39 is 4.92 Å². The molecule has 142 valence electrons. The second kappa shape index (κ2) is 8.37. The van der Waals surface area contributed by atoms with Crippen LogP contribution < -0.4 is 16.4 Å². The third-order valence-corrected chi connectivity index (χ3v) is 4.98. The highest BCUT2D eigenvalue weighted by Gasteiger charge is 2.28. The van der Waals surface area contributed by atoms with Crippen molar-refractivity contribution in [1.29, 1.82) is 0 Å². The Morgan fingerprint density at radius 2 is 2.04 bits per heavy atom. The third-order valence-electron chi connectivity index (χ3n) is 4.61. The van der Waals surface area contributed by atoms with Crippen molar-refractivity contribution in [3.8, 4) is 0 Å². The molecule has 1 aliphatic rings. The maximum Gasteiger partial charge on any atom is 0.293 e. The zero-order valence-electron chi connectivity index (χ0n) is 14.7. The van der Waals surface area contributed by atoms with Crippen LogP contribution in [0.2, 0.25) is 5.02 Å². The van der Waals surface area contributed by atoms with E-state index in [-0.39, 0.29) is 23.2 Å². The summed E-state index contributed by atoms with van der Waals surface area (Å²) < 4.78 is 0. The minimum absolute atomic E-state index is 0.0690. The second-order valence-corrected chi connectivity index (χ2v) is 7.05. The maximum absolute atomic E-state index is 12.3. The summed E-state index contributed by atoms with van der Waals surface area (Å²) in [5, 5.41) is 17.8. The molecule has 0 radical (unpaired) electrons. The van der Waals surface area contributed by atoms with Crippen LogP contribution in [0.5, 0.6) is 0 Å². The highest BCUT2D eigenvalue weighted by Crippen LogP contribution is 2.31. The monoisotopic (exact) mass is 388 g/mol.